The molecule has 1 fully saturated rings. The van der Waals surface area contributed by atoms with Crippen LogP contribution >= 0.6 is 0 Å². The maximum Gasteiger partial charge on any atom is 0.254 e. The van der Waals surface area contributed by atoms with Gasteiger partial charge in [0.15, 0.2) is 0 Å². The maximum atomic E-state index is 13.7. The Kier molecular flexibility index (Phi) is 5.40. The van der Waals surface area contributed by atoms with Gasteiger partial charge in [-0.1, -0.05) is 12.1 Å². The Balaban J connectivity index is 1.46. The number of likely N-dealkylation sites (N-methyl/N-ethyl adjacent to an activating group) is 1. The Morgan fingerprint density at radius 2 is 2.16 bits per heavy atom. The summed E-state index contributed by atoms with van der Waals surface area (Å²) in [6.07, 6.45) is 3.28. The fraction of sp³-hybridized carbons (Fsp3) is 0.440. The molecule has 1 saturated heterocycles. The molecule has 31 heavy (non-hydrogen) atoms. The summed E-state index contributed by atoms with van der Waals surface area (Å²) in [6.45, 7) is 6.53. The second kappa shape index (κ2) is 8.35. The highest BCUT2D eigenvalue weighted by atomic mass is 16.5. The number of carbonyl (C=O) groups is 1. The zero-order valence-corrected chi connectivity index (χ0v) is 18.4. The molecule has 0 radical (unpaired) electrons. The van der Waals surface area contributed by atoms with E-state index in [1.165, 1.54) is 19.4 Å². The predicted molar refractivity (Wildman–Crippen MR) is 120 cm³/mol. The number of carbonyl (C=O) groups excluding carboxylic acids is 1. The molecule has 3 aromatic rings. The normalized spacial score (nSPS) is 20.1. The average Bonchev–Trinajstić information content (AvgIpc) is 3.51. The Hall–Kier alpha value is -2.86. The lowest BCUT2D eigenvalue weighted by Crippen LogP contribution is -3.14. The molecule has 2 aliphatic rings. The first-order valence-corrected chi connectivity index (χ1v) is 11.4. The molecule has 0 saturated carbocycles. The molecule has 1 unspecified atom stereocenters. The van der Waals surface area contributed by atoms with Gasteiger partial charge in [0.25, 0.3) is 5.91 Å². The molecule has 162 valence electrons. The van der Waals surface area contributed by atoms with Gasteiger partial charge in [0.2, 0.25) is 0 Å². The molecule has 0 spiro atoms. The largest absolute Gasteiger partial charge is 0.493 e. The summed E-state index contributed by atoms with van der Waals surface area (Å²) in [5.41, 5.74) is 3.96. The number of hydrogen-bond donors (Lipinski definition) is 1. The number of aromatic nitrogens is 2. The summed E-state index contributed by atoms with van der Waals surface area (Å²) in [5, 5.41) is 0. The molecule has 0 bridgehead atoms. The summed E-state index contributed by atoms with van der Waals surface area (Å²) in [4.78, 5) is 22.2. The van der Waals surface area contributed by atoms with Gasteiger partial charge in [-0.2, -0.15) is 0 Å². The molecular weight excluding hydrogens is 388 g/mol. The summed E-state index contributed by atoms with van der Waals surface area (Å²) in [7, 11) is 2.04. The minimum atomic E-state index is 0.0871. The smallest absolute Gasteiger partial charge is 0.254 e. The Bertz CT molecular complexity index is 1110. The lowest BCUT2D eigenvalue weighted by molar-refractivity contribution is -0.909. The number of ether oxygens (including phenoxy) is 1. The number of hydrogen-bond acceptors (Lipinski definition) is 3. The van der Waals surface area contributed by atoms with Crippen molar-refractivity contribution in [1.29, 1.82) is 0 Å². The SMILES string of the molecule is CC[NH+]1CCC[C@@H]1CN(Cc1nc2ccccc2n1C)C(=O)c1ccc2c(c1)CCO2. The van der Waals surface area contributed by atoms with Crippen molar-refractivity contribution in [3.63, 3.8) is 0 Å². The van der Waals surface area contributed by atoms with E-state index < -0.39 is 0 Å². The van der Waals surface area contributed by atoms with Gasteiger partial charge in [0, 0.05) is 31.9 Å². The van der Waals surface area contributed by atoms with Gasteiger partial charge in [0.1, 0.15) is 17.6 Å². The molecule has 1 N–H and O–H groups in total. The quantitative estimate of drug-likeness (QED) is 0.667. The zero-order valence-electron chi connectivity index (χ0n) is 18.4. The molecule has 2 aliphatic heterocycles. The van der Waals surface area contributed by atoms with Crippen molar-refractivity contribution in [3.05, 3.63) is 59.4 Å². The molecule has 0 aliphatic carbocycles. The first-order valence-electron chi connectivity index (χ1n) is 11.4. The molecule has 2 aromatic carbocycles. The molecule has 3 heterocycles. The second-order valence-electron chi connectivity index (χ2n) is 8.78. The van der Waals surface area contributed by atoms with Crippen molar-refractivity contribution in [3.8, 4) is 5.75 Å². The number of benzene rings is 2. The van der Waals surface area contributed by atoms with Crippen molar-refractivity contribution in [2.75, 3.05) is 26.2 Å². The third kappa shape index (κ3) is 3.81. The third-order valence-corrected chi connectivity index (χ3v) is 6.96. The number of likely N-dealkylation sites (tertiary alicyclic amines) is 1. The van der Waals surface area contributed by atoms with Gasteiger partial charge in [-0.3, -0.25) is 4.79 Å². The Morgan fingerprint density at radius 1 is 1.29 bits per heavy atom. The Labute approximate surface area is 183 Å². The van der Waals surface area contributed by atoms with E-state index in [1.54, 1.807) is 4.90 Å². The number of fused-ring (bicyclic) bond motifs is 2. The van der Waals surface area contributed by atoms with E-state index >= 15 is 0 Å². The van der Waals surface area contributed by atoms with Crippen LogP contribution in [-0.2, 0) is 20.0 Å². The van der Waals surface area contributed by atoms with Crippen LogP contribution in [0, 0.1) is 0 Å². The molecule has 1 amide bonds. The highest BCUT2D eigenvalue weighted by molar-refractivity contribution is 5.94. The van der Waals surface area contributed by atoms with Gasteiger partial charge >= 0.3 is 0 Å². The number of imidazole rings is 1. The van der Waals surface area contributed by atoms with E-state index in [0.717, 1.165) is 53.2 Å². The van der Waals surface area contributed by atoms with Crippen LogP contribution in [0.15, 0.2) is 42.5 Å². The fourth-order valence-electron chi connectivity index (χ4n) is 5.16. The van der Waals surface area contributed by atoms with Crippen LogP contribution in [0.25, 0.3) is 11.0 Å². The van der Waals surface area contributed by atoms with Crippen LogP contribution in [-0.4, -0.2) is 52.6 Å². The van der Waals surface area contributed by atoms with Gasteiger partial charge in [-0.15, -0.1) is 0 Å². The van der Waals surface area contributed by atoms with Crippen molar-refractivity contribution in [2.24, 2.45) is 7.05 Å². The molecule has 2 atom stereocenters. The minimum Gasteiger partial charge on any atom is -0.493 e. The number of amides is 1. The van der Waals surface area contributed by atoms with E-state index in [4.69, 9.17) is 9.72 Å². The van der Waals surface area contributed by atoms with Crippen LogP contribution < -0.4 is 9.64 Å². The first kappa shape index (κ1) is 20.1. The van der Waals surface area contributed by atoms with Gasteiger partial charge in [-0.25, -0.2) is 4.98 Å². The highest BCUT2D eigenvalue weighted by Crippen LogP contribution is 2.27. The third-order valence-electron chi connectivity index (χ3n) is 6.96. The van der Waals surface area contributed by atoms with Crippen molar-refractivity contribution in [2.45, 2.75) is 38.8 Å². The Morgan fingerprint density at radius 3 is 3.00 bits per heavy atom. The monoisotopic (exact) mass is 419 g/mol. The lowest BCUT2D eigenvalue weighted by atomic mass is 10.1. The number of para-hydroxylation sites is 2. The zero-order chi connectivity index (χ0) is 21.4. The summed E-state index contributed by atoms with van der Waals surface area (Å²) >= 11 is 0. The van der Waals surface area contributed by atoms with Crippen LogP contribution in [0.4, 0.5) is 0 Å². The summed E-state index contributed by atoms with van der Waals surface area (Å²) < 4.78 is 7.75. The molecule has 1 aromatic heterocycles. The standard InChI is InChI=1S/C25H30N4O2/c1-3-28-13-6-7-20(28)16-29(17-24-26-21-8-4-5-9-22(21)27(24)2)25(30)19-10-11-23-18(15-19)12-14-31-23/h4-5,8-11,15,20H,3,6-7,12-14,16-17H2,1-2H3/p+1/t20-/m1/s1. The van der Waals surface area contributed by atoms with Gasteiger partial charge in [-0.05, 0) is 42.8 Å². The van der Waals surface area contributed by atoms with Crippen LogP contribution in [0.3, 0.4) is 0 Å². The number of nitrogens with one attached hydrogen (secondary N) is 1. The van der Waals surface area contributed by atoms with Crippen LogP contribution in [0.2, 0.25) is 0 Å². The molecule has 5 rings (SSSR count). The maximum absolute atomic E-state index is 13.7. The van der Waals surface area contributed by atoms with Gasteiger partial charge in [0.05, 0.1) is 43.8 Å². The molecule has 6 nitrogen and oxygen atoms in total. The highest BCUT2D eigenvalue weighted by Gasteiger charge is 2.32. The van der Waals surface area contributed by atoms with E-state index in [0.29, 0.717) is 19.2 Å². The first-order chi connectivity index (χ1) is 15.1. The summed E-state index contributed by atoms with van der Waals surface area (Å²) in [6, 6.07) is 14.5. The minimum absolute atomic E-state index is 0.0871. The predicted octanol–water partition coefficient (Wildman–Crippen LogP) is 2.22. The number of aryl methyl sites for hydroxylation is 1. The van der Waals surface area contributed by atoms with Gasteiger partial charge < -0.3 is 19.1 Å². The topological polar surface area (TPSA) is 51.8 Å². The van der Waals surface area contributed by atoms with Crippen LogP contribution in [0.1, 0.15) is 41.5 Å². The van der Waals surface area contributed by atoms with Crippen molar-refractivity contribution in [1.82, 2.24) is 14.5 Å². The van der Waals surface area contributed by atoms with E-state index in [-0.39, 0.29) is 5.91 Å². The number of rotatable bonds is 6. The van der Waals surface area contributed by atoms with Crippen molar-refractivity contribution >= 4 is 16.9 Å². The van der Waals surface area contributed by atoms with E-state index in [9.17, 15) is 4.79 Å². The number of quaternary nitrogens is 1. The average molecular weight is 420 g/mol. The second-order valence-corrected chi connectivity index (χ2v) is 8.78. The van der Waals surface area contributed by atoms with E-state index in [2.05, 4.69) is 17.6 Å². The number of nitrogens with zero attached hydrogens (tertiary/aromatic N) is 3. The summed E-state index contributed by atoms with van der Waals surface area (Å²) in [5.74, 6) is 1.93. The lowest BCUT2D eigenvalue weighted by Gasteiger charge is -2.28. The van der Waals surface area contributed by atoms with Crippen molar-refractivity contribution < 1.29 is 14.4 Å². The molecule has 6 heteroatoms. The molecular formula is C25H31N4O2+. The fourth-order valence-corrected chi connectivity index (χ4v) is 5.16. The van der Waals surface area contributed by atoms with Crippen LogP contribution in [0.5, 0.6) is 5.75 Å². The van der Waals surface area contributed by atoms with E-state index in [1.807, 2.05) is 48.3 Å².